The van der Waals surface area contributed by atoms with Gasteiger partial charge >= 0.3 is 36.1 Å². The lowest BCUT2D eigenvalue weighted by Crippen LogP contribution is -2.58. The number of hydrogen-bond donors (Lipinski definition) is 8. The number of amides is 4. The van der Waals surface area contributed by atoms with Gasteiger partial charge in [0.05, 0.1) is 12.2 Å². The van der Waals surface area contributed by atoms with Gasteiger partial charge < -0.3 is 61.8 Å². The Balaban J connectivity index is 0.000000256. The molecule has 30 heteroatoms. The van der Waals surface area contributed by atoms with Crippen LogP contribution in [0, 0.1) is 0 Å². The SMILES string of the molecule is C.C.NC1CCN(C(=O)[C@@H](NC(=O)[C@@H](O)c2ccc3cc(OC4CCCC4)ccc3c2)C(F)(F)c2ccc(-c3ccc(Cl)cc3)cc2)CC1.NC1CCN(C(=O)[C@H](NC(=O)[C@H](O)c2ccc3cc(OC4CCCC4)ccc3c2)C(F)(F)c2ccc(-c3ccc(Cl)cc3)cc2)CC1.O=C(O)C(F)(F)F.O=C(O)C(F)(F)F. The number of benzene rings is 8. The molecule has 2 saturated heterocycles. The van der Waals surface area contributed by atoms with Crippen molar-refractivity contribution < 1.29 is 103 Å². The topological polar surface area (TPSA) is 284 Å². The summed E-state index contributed by atoms with van der Waals surface area (Å²) >= 11 is 12.0. The number of nitrogens with two attached hydrogens (primary N) is 2. The van der Waals surface area contributed by atoms with Crippen molar-refractivity contribution >= 4 is 80.3 Å². The molecule has 10 N–H and O–H groups in total. The average Bonchev–Trinajstić information content (AvgIpc) is 0.796. The molecule has 8 aromatic carbocycles. The number of aliphatic hydroxyl groups is 2. The highest BCUT2D eigenvalue weighted by molar-refractivity contribution is 6.31. The van der Waals surface area contributed by atoms with Crippen molar-refractivity contribution in [3.8, 4) is 33.8 Å². The van der Waals surface area contributed by atoms with Crippen molar-refractivity contribution in [3.63, 3.8) is 0 Å². The number of nitrogens with zero attached hydrogens (tertiary/aromatic N) is 2. The maximum absolute atomic E-state index is 16.3. The second-order valence-electron chi connectivity index (χ2n) is 26.6. The van der Waals surface area contributed by atoms with E-state index in [2.05, 4.69) is 10.6 Å². The molecular formula is C80H86Cl2F10N6O12. The summed E-state index contributed by atoms with van der Waals surface area (Å²) in [6.07, 6.45) is -2.77. The minimum absolute atomic E-state index is 0. The van der Waals surface area contributed by atoms with Crippen LogP contribution < -0.4 is 31.6 Å². The number of carboxylic acids is 2. The van der Waals surface area contributed by atoms with E-state index in [0.717, 1.165) is 95.5 Å². The predicted molar refractivity (Wildman–Crippen MR) is 397 cm³/mol. The monoisotopic (exact) mass is 1580 g/mol. The van der Waals surface area contributed by atoms with Crippen LogP contribution in [-0.4, -0.2) is 141 Å². The van der Waals surface area contributed by atoms with Crippen LogP contribution in [0.15, 0.2) is 170 Å². The maximum atomic E-state index is 16.3. The number of aliphatic carboxylic acids is 2. The van der Waals surface area contributed by atoms with Crippen LogP contribution in [0.1, 0.15) is 126 Å². The number of rotatable bonds is 18. The summed E-state index contributed by atoms with van der Waals surface area (Å²) in [6.45, 7) is 0.768. The van der Waals surface area contributed by atoms with Gasteiger partial charge in [-0.2, -0.15) is 43.9 Å². The highest BCUT2D eigenvalue weighted by Crippen LogP contribution is 2.39. The van der Waals surface area contributed by atoms with Crippen molar-refractivity contribution in [1.82, 2.24) is 20.4 Å². The molecule has 2 aliphatic heterocycles. The second-order valence-corrected chi connectivity index (χ2v) is 27.5. The zero-order valence-corrected chi connectivity index (χ0v) is 59.2. The number of ether oxygens (including phenoxy) is 2. The van der Waals surface area contributed by atoms with E-state index in [4.69, 9.17) is 63.9 Å². The van der Waals surface area contributed by atoms with Crippen molar-refractivity contribution in [3.05, 3.63) is 202 Å². The van der Waals surface area contributed by atoms with Crippen LogP contribution in [0.2, 0.25) is 10.0 Å². The molecule has 0 spiro atoms. The lowest BCUT2D eigenvalue weighted by molar-refractivity contribution is -0.193. The molecule has 0 aromatic heterocycles. The highest BCUT2D eigenvalue weighted by atomic mass is 35.5. The number of aliphatic hydroxyl groups excluding tert-OH is 2. The van der Waals surface area contributed by atoms with Crippen molar-refractivity contribution in [2.75, 3.05) is 26.2 Å². The smallest absolute Gasteiger partial charge is 0.490 e. The number of fused-ring (bicyclic) bond motifs is 2. The number of carbonyl (C=O) groups excluding carboxylic acids is 4. The zero-order valence-electron chi connectivity index (χ0n) is 57.7. The predicted octanol–water partition coefficient (Wildman–Crippen LogP) is 16.0. The Kier molecular flexibility index (Phi) is 30.6. The van der Waals surface area contributed by atoms with Crippen LogP contribution in [0.3, 0.4) is 0 Å². The van der Waals surface area contributed by atoms with Crippen LogP contribution in [0.4, 0.5) is 43.9 Å². The van der Waals surface area contributed by atoms with Gasteiger partial charge in [-0.15, -0.1) is 0 Å². The third-order valence-corrected chi connectivity index (χ3v) is 19.4. The molecule has 0 unspecified atom stereocenters. The Bertz CT molecular complexity index is 4140. The van der Waals surface area contributed by atoms with Gasteiger partial charge in [0, 0.05) is 59.4 Å². The first-order valence-electron chi connectivity index (χ1n) is 34.6. The molecule has 8 aromatic rings. The Morgan fingerprint density at radius 2 is 0.673 bits per heavy atom. The van der Waals surface area contributed by atoms with E-state index in [9.17, 15) is 55.7 Å². The van der Waals surface area contributed by atoms with Crippen LogP contribution >= 0.6 is 23.2 Å². The van der Waals surface area contributed by atoms with E-state index < -0.39 is 95.2 Å². The summed E-state index contributed by atoms with van der Waals surface area (Å²) in [5.74, 6) is -15.7. The fraction of sp³-hybridized carbons (Fsp3) is 0.375. The average molecular weight is 1580 g/mol. The number of hydrogen-bond acceptors (Lipinski definition) is 12. The van der Waals surface area contributed by atoms with Gasteiger partial charge in [-0.1, -0.05) is 147 Å². The van der Waals surface area contributed by atoms with Gasteiger partial charge in [-0.05, 0) is 193 Å². The highest BCUT2D eigenvalue weighted by Gasteiger charge is 2.51. The standard InChI is InChI=1S/2C37H38ClF2N3O4.2C2HF3O2.2CH4/c2*38-29-14-9-24(10-15-29)23-7-12-28(13-8-23)37(39,40)34(36(46)43-19-17-30(41)18-20-43)42-35(45)33(44)27-6-5-26-22-32(16-11-25(26)21-27)47-31-3-1-2-4-31;2*3-2(4,5)1(6)7;;/h2*5-16,21-22,30-31,33-34,44H,1-4,17-20,41H2,(H,42,45);2*(H,6,7);2*1H4/t2*33-,34+;;;;/m10..../s1. The Morgan fingerprint density at radius 1 is 0.409 bits per heavy atom. The summed E-state index contributed by atoms with van der Waals surface area (Å²) in [5, 5.41) is 45.1. The van der Waals surface area contributed by atoms with Gasteiger partial charge in [0.2, 0.25) is 0 Å². The lowest BCUT2D eigenvalue weighted by Gasteiger charge is -2.36. The number of carbonyl (C=O) groups is 6. The van der Waals surface area contributed by atoms with E-state index >= 15 is 17.6 Å². The Labute approximate surface area is 638 Å². The van der Waals surface area contributed by atoms with Gasteiger partial charge in [-0.3, -0.25) is 19.2 Å². The van der Waals surface area contributed by atoms with Crippen LogP contribution in [-0.2, 0) is 40.6 Å². The molecule has 2 saturated carbocycles. The van der Waals surface area contributed by atoms with E-state index in [1.807, 2.05) is 36.4 Å². The molecule has 4 amide bonds. The molecule has 2 heterocycles. The van der Waals surface area contributed by atoms with Crippen LogP contribution in [0.25, 0.3) is 43.8 Å². The van der Waals surface area contributed by atoms with Crippen molar-refractivity contribution in [2.45, 2.75) is 165 Å². The summed E-state index contributed by atoms with van der Waals surface area (Å²) < 4.78 is 141. The summed E-state index contributed by atoms with van der Waals surface area (Å²) in [4.78, 5) is 74.5. The molecule has 0 radical (unpaired) electrons. The van der Waals surface area contributed by atoms with Crippen LogP contribution in [0.5, 0.6) is 11.5 Å². The van der Waals surface area contributed by atoms with E-state index in [-0.39, 0.29) is 76.5 Å². The first kappa shape index (κ1) is 87.6. The first-order valence-corrected chi connectivity index (χ1v) is 35.4. The largest absolute Gasteiger partial charge is 0.490 e. The van der Waals surface area contributed by atoms with E-state index in [1.165, 1.54) is 58.3 Å². The Hall–Kier alpha value is -9.58. The number of nitrogens with one attached hydrogen (secondary N) is 2. The molecular weight excluding hydrogens is 1500 g/mol. The van der Waals surface area contributed by atoms with Crippen molar-refractivity contribution in [2.24, 2.45) is 11.5 Å². The molecule has 2 aliphatic carbocycles. The zero-order chi connectivity index (χ0) is 78.4. The fourth-order valence-electron chi connectivity index (χ4n) is 12.7. The van der Waals surface area contributed by atoms with Crippen molar-refractivity contribution in [1.29, 1.82) is 0 Å². The normalized spacial score (nSPS) is 16.3. The molecule has 18 nitrogen and oxygen atoms in total. The first-order chi connectivity index (χ1) is 51.0. The number of likely N-dealkylation sites (tertiary alicyclic amines) is 2. The molecule has 4 atom stereocenters. The summed E-state index contributed by atoms with van der Waals surface area (Å²) in [5.41, 5.74) is 14.4. The number of halogens is 12. The van der Waals surface area contributed by atoms with Gasteiger partial charge in [0.15, 0.2) is 24.3 Å². The fourth-order valence-corrected chi connectivity index (χ4v) is 13.0. The number of piperidine rings is 2. The molecule has 4 fully saturated rings. The molecule has 4 aliphatic rings. The lowest BCUT2D eigenvalue weighted by atomic mass is 9.95. The molecule has 12 rings (SSSR count). The third kappa shape index (κ3) is 23.3. The number of alkyl halides is 10. The van der Waals surface area contributed by atoms with Gasteiger partial charge in [0.1, 0.15) is 11.5 Å². The molecule has 592 valence electrons. The van der Waals surface area contributed by atoms with Gasteiger partial charge in [0.25, 0.3) is 23.6 Å². The maximum Gasteiger partial charge on any atom is 0.490 e. The third-order valence-electron chi connectivity index (χ3n) is 18.9. The van der Waals surface area contributed by atoms with E-state index in [1.54, 1.807) is 84.9 Å². The van der Waals surface area contributed by atoms with E-state index in [0.29, 0.717) is 46.9 Å². The quantitative estimate of drug-likeness (QED) is 0.0371. The molecule has 0 bridgehead atoms. The minimum atomic E-state index is -5.08. The minimum Gasteiger partial charge on any atom is -0.490 e. The second kappa shape index (κ2) is 38.4. The molecule has 110 heavy (non-hydrogen) atoms. The summed E-state index contributed by atoms with van der Waals surface area (Å²) in [7, 11) is 0. The van der Waals surface area contributed by atoms with Gasteiger partial charge in [-0.25, -0.2) is 9.59 Å². The Morgan fingerprint density at radius 3 is 0.955 bits per heavy atom. The number of carboxylic acid groups (broad SMARTS) is 2. The summed E-state index contributed by atoms with van der Waals surface area (Å²) in [6, 6.07) is 41.3.